The van der Waals surface area contributed by atoms with E-state index in [1.54, 1.807) is 29.2 Å². The van der Waals surface area contributed by atoms with Gasteiger partial charge in [-0.1, -0.05) is 40.5 Å². The number of hydrogen-bond acceptors (Lipinski definition) is 7. The van der Waals surface area contributed by atoms with E-state index in [-0.39, 0.29) is 11.8 Å². The van der Waals surface area contributed by atoms with Crippen LogP contribution < -0.4 is 5.32 Å². The highest BCUT2D eigenvalue weighted by molar-refractivity contribution is 7.98. The zero-order valence-corrected chi connectivity index (χ0v) is 20.6. The van der Waals surface area contributed by atoms with Crippen LogP contribution in [0.5, 0.6) is 0 Å². The number of nitrogens with one attached hydrogen (secondary N) is 1. The molecule has 1 fully saturated rings. The van der Waals surface area contributed by atoms with Crippen LogP contribution in [0, 0.1) is 5.92 Å². The maximum absolute atomic E-state index is 12.5. The highest BCUT2D eigenvalue weighted by Crippen LogP contribution is 2.25. The maximum atomic E-state index is 12.5. The quantitative estimate of drug-likeness (QED) is 0.390. The van der Waals surface area contributed by atoms with Crippen molar-refractivity contribution in [2.24, 2.45) is 5.92 Å². The molecule has 0 aliphatic carbocycles. The summed E-state index contributed by atoms with van der Waals surface area (Å²) < 4.78 is 5.39. The summed E-state index contributed by atoms with van der Waals surface area (Å²) in [6.45, 7) is 2.97. The Morgan fingerprint density at radius 2 is 2.12 bits per heavy atom. The Hall–Kier alpha value is -1.58. The van der Waals surface area contributed by atoms with E-state index in [0.29, 0.717) is 34.8 Å². The van der Waals surface area contributed by atoms with Crippen LogP contribution in [0.3, 0.4) is 0 Å². The number of amides is 1. The van der Waals surface area contributed by atoms with E-state index in [1.165, 1.54) is 0 Å². The number of thiophene rings is 1. The summed E-state index contributed by atoms with van der Waals surface area (Å²) in [5.41, 5.74) is 1.06. The Kier molecular flexibility index (Phi) is 8.49. The first-order valence-electron chi connectivity index (χ1n) is 10.5. The van der Waals surface area contributed by atoms with Gasteiger partial charge in [0.1, 0.15) is 0 Å². The van der Waals surface area contributed by atoms with E-state index in [2.05, 4.69) is 20.4 Å². The highest BCUT2D eigenvalue weighted by Gasteiger charge is 2.25. The molecule has 0 unspecified atom stereocenters. The largest absolute Gasteiger partial charge is 0.355 e. The first-order valence-corrected chi connectivity index (χ1v) is 13.3. The summed E-state index contributed by atoms with van der Waals surface area (Å²) >= 11 is 15.5. The minimum Gasteiger partial charge on any atom is -0.355 e. The van der Waals surface area contributed by atoms with Gasteiger partial charge >= 0.3 is 0 Å². The molecule has 3 aromatic rings. The third-order valence-corrected chi connectivity index (χ3v) is 7.81. The molecule has 10 heteroatoms. The summed E-state index contributed by atoms with van der Waals surface area (Å²) in [7, 11) is 0. The van der Waals surface area contributed by atoms with Crippen molar-refractivity contribution in [3.8, 4) is 10.7 Å². The average Bonchev–Trinajstić information content (AvgIpc) is 3.47. The summed E-state index contributed by atoms with van der Waals surface area (Å²) in [6.07, 6.45) is 1.68. The van der Waals surface area contributed by atoms with Crippen molar-refractivity contribution >= 4 is 52.2 Å². The van der Waals surface area contributed by atoms with Crippen LogP contribution in [0.25, 0.3) is 10.7 Å². The first-order chi connectivity index (χ1) is 15.6. The molecule has 1 amide bonds. The summed E-state index contributed by atoms with van der Waals surface area (Å²) in [6, 6.07) is 9.50. The van der Waals surface area contributed by atoms with Crippen molar-refractivity contribution in [1.82, 2.24) is 20.4 Å². The van der Waals surface area contributed by atoms with E-state index in [4.69, 9.17) is 27.7 Å². The van der Waals surface area contributed by atoms with Gasteiger partial charge in [0.05, 0.1) is 11.4 Å². The number of likely N-dealkylation sites (tertiary alicyclic amines) is 1. The van der Waals surface area contributed by atoms with Gasteiger partial charge in [0, 0.05) is 34.0 Å². The summed E-state index contributed by atoms with van der Waals surface area (Å²) in [5.74, 6) is 3.11. The van der Waals surface area contributed by atoms with E-state index in [9.17, 15) is 4.79 Å². The van der Waals surface area contributed by atoms with Gasteiger partial charge in [0.2, 0.25) is 17.6 Å². The number of benzene rings is 1. The van der Waals surface area contributed by atoms with E-state index >= 15 is 0 Å². The maximum Gasteiger partial charge on any atom is 0.241 e. The molecular formula is C22H24Cl2N4O2S2. The van der Waals surface area contributed by atoms with Gasteiger partial charge in [-0.25, -0.2) is 0 Å². The number of carbonyl (C=O) groups is 1. The smallest absolute Gasteiger partial charge is 0.241 e. The molecular weight excluding hydrogens is 487 g/mol. The molecule has 6 nitrogen and oxygen atoms in total. The third kappa shape index (κ3) is 6.48. The zero-order chi connectivity index (χ0) is 22.3. The van der Waals surface area contributed by atoms with Crippen LogP contribution in [0.2, 0.25) is 10.0 Å². The zero-order valence-electron chi connectivity index (χ0n) is 17.4. The van der Waals surface area contributed by atoms with E-state index in [1.807, 2.05) is 29.6 Å². The SMILES string of the molecule is O=C(NCCSCc1ccc(Cl)cc1Cl)C1CCN(Cc2nc(-c3cccs3)no2)CC1. The lowest BCUT2D eigenvalue weighted by Gasteiger charge is -2.30. The average molecular weight is 512 g/mol. The molecule has 1 N–H and O–H groups in total. The van der Waals surface area contributed by atoms with Crippen LogP contribution >= 0.6 is 46.3 Å². The Balaban J connectivity index is 1.12. The molecule has 4 rings (SSSR count). The van der Waals surface area contributed by atoms with Gasteiger partial charge in [0.25, 0.3) is 0 Å². The number of carbonyl (C=O) groups excluding carboxylic acids is 1. The second-order valence-corrected chi connectivity index (χ2v) is 10.5. The number of hydrogen-bond donors (Lipinski definition) is 1. The fourth-order valence-electron chi connectivity index (χ4n) is 3.58. The van der Waals surface area contributed by atoms with Crippen molar-refractivity contribution in [2.45, 2.75) is 25.1 Å². The highest BCUT2D eigenvalue weighted by atomic mass is 35.5. The van der Waals surface area contributed by atoms with Crippen LogP contribution in [0.1, 0.15) is 24.3 Å². The molecule has 1 aliphatic heterocycles. The van der Waals surface area contributed by atoms with Crippen LogP contribution in [-0.4, -0.2) is 46.3 Å². The lowest BCUT2D eigenvalue weighted by Crippen LogP contribution is -2.40. The molecule has 0 atom stereocenters. The Morgan fingerprint density at radius 1 is 1.28 bits per heavy atom. The number of halogens is 2. The van der Waals surface area contributed by atoms with Gasteiger partial charge < -0.3 is 9.84 Å². The first kappa shape index (κ1) is 23.6. The molecule has 1 aromatic carbocycles. The Labute approximate surface area is 205 Å². The predicted octanol–water partition coefficient (Wildman–Crippen LogP) is 5.37. The number of aromatic nitrogens is 2. The minimum absolute atomic E-state index is 0.0614. The number of nitrogens with zero attached hydrogens (tertiary/aromatic N) is 3. The van der Waals surface area contributed by atoms with Crippen molar-refractivity contribution < 1.29 is 9.32 Å². The standard InChI is InChI=1S/C22H24Cl2N4O2S2/c23-17-4-3-16(18(24)12-17)14-31-11-7-25-22(29)15-5-8-28(9-6-15)13-20-26-21(27-30-20)19-2-1-10-32-19/h1-4,10,12,15H,5-9,11,13-14H2,(H,25,29). The predicted molar refractivity (Wildman–Crippen MR) is 131 cm³/mol. The summed E-state index contributed by atoms with van der Waals surface area (Å²) in [5, 5.41) is 10.5. The van der Waals surface area contributed by atoms with Gasteiger partial charge in [0.15, 0.2) is 0 Å². The topological polar surface area (TPSA) is 71.3 Å². The normalized spacial score (nSPS) is 15.2. The van der Waals surface area contributed by atoms with Crippen LogP contribution in [0.4, 0.5) is 0 Å². The fourth-order valence-corrected chi connectivity index (χ4v) is 5.65. The summed E-state index contributed by atoms with van der Waals surface area (Å²) in [4.78, 5) is 20.3. The lowest BCUT2D eigenvalue weighted by atomic mass is 9.96. The molecule has 0 saturated carbocycles. The molecule has 170 valence electrons. The Bertz CT molecular complexity index is 1020. The molecule has 0 bridgehead atoms. The van der Waals surface area contributed by atoms with E-state index < -0.39 is 0 Å². The number of thioether (sulfide) groups is 1. The fraction of sp³-hybridized carbons (Fsp3) is 0.409. The van der Waals surface area contributed by atoms with Crippen molar-refractivity contribution in [3.05, 3.63) is 57.2 Å². The second kappa shape index (κ2) is 11.5. The molecule has 1 saturated heterocycles. The lowest BCUT2D eigenvalue weighted by molar-refractivity contribution is -0.126. The Morgan fingerprint density at radius 3 is 2.88 bits per heavy atom. The monoisotopic (exact) mass is 510 g/mol. The molecule has 2 aromatic heterocycles. The van der Waals surface area contributed by atoms with Crippen LogP contribution in [0.15, 0.2) is 40.2 Å². The van der Waals surface area contributed by atoms with E-state index in [0.717, 1.165) is 47.9 Å². The van der Waals surface area contributed by atoms with Gasteiger partial charge in [-0.2, -0.15) is 16.7 Å². The number of piperidine rings is 1. The molecule has 0 radical (unpaired) electrons. The second-order valence-electron chi connectivity index (χ2n) is 7.62. The van der Waals surface area contributed by atoms with Crippen molar-refractivity contribution in [3.63, 3.8) is 0 Å². The molecule has 0 spiro atoms. The van der Waals surface area contributed by atoms with Crippen molar-refractivity contribution in [2.75, 3.05) is 25.4 Å². The van der Waals surface area contributed by atoms with Crippen molar-refractivity contribution in [1.29, 1.82) is 0 Å². The van der Waals surface area contributed by atoms with Gasteiger partial charge in [-0.05, 0) is 55.1 Å². The molecule has 3 heterocycles. The molecule has 1 aliphatic rings. The third-order valence-electron chi connectivity index (χ3n) is 5.35. The van der Waals surface area contributed by atoms with Crippen LogP contribution in [-0.2, 0) is 17.1 Å². The minimum atomic E-state index is 0.0614. The van der Waals surface area contributed by atoms with Gasteiger partial charge in [-0.3, -0.25) is 9.69 Å². The number of rotatable bonds is 9. The van der Waals surface area contributed by atoms with Gasteiger partial charge in [-0.15, -0.1) is 11.3 Å². The molecule has 32 heavy (non-hydrogen) atoms.